The summed E-state index contributed by atoms with van der Waals surface area (Å²) in [5, 5.41) is 0. The van der Waals surface area contributed by atoms with E-state index in [0.29, 0.717) is 32.5 Å². The van der Waals surface area contributed by atoms with E-state index in [2.05, 4.69) is 13.0 Å². The van der Waals surface area contributed by atoms with Gasteiger partial charge in [0.15, 0.2) is 0 Å². The molecule has 2 heterocycles. The molecule has 0 radical (unpaired) electrons. The third-order valence-electron chi connectivity index (χ3n) is 5.86. The number of amides is 1. The maximum Gasteiger partial charge on any atom is 0.254 e. The van der Waals surface area contributed by atoms with Gasteiger partial charge < -0.3 is 4.90 Å². The topological polar surface area (TPSA) is 23.6 Å². The van der Waals surface area contributed by atoms with Crippen molar-refractivity contribution < 1.29 is 13.6 Å². The first-order valence-corrected chi connectivity index (χ1v) is 8.42. The van der Waals surface area contributed by atoms with Gasteiger partial charge in [-0.3, -0.25) is 9.69 Å². The molecule has 1 spiro atoms. The summed E-state index contributed by atoms with van der Waals surface area (Å²) >= 11 is 0. The van der Waals surface area contributed by atoms with E-state index in [9.17, 15) is 13.6 Å². The number of hydrogen-bond acceptors (Lipinski definition) is 2. The average Bonchev–Trinajstić information content (AvgIpc) is 2.86. The number of carbonyl (C=O) groups is 1. The first-order chi connectivity index (χ1) is 10.9. The van der Waals surface area contributed by atoms with Gasteiger partial charge in [0.05, 0.1) is 6.54 Å². The van der Waals surface area contributed by atoms with E-state index in [1.54, 1.807) is 0 Å². The van der Waals surface area contributed by atoms with Gasteiger partial charge in [0, 0.05) is 23.6 Å². The summed E-state index contributed by atoms with van der Waals surface area (Å²) < 4.78 is 26.9. The number of anilines is 1. The van der Waals surface area contributed by atoms with Crippen LogP contribution in [-0.2, 0) is 11.2 Å². The van der Waals surface area contributed by atoms with Crippen LogP contribution in [0.4, 0.5) is 14.5 Å². The number of nitrogens with zero attached hydrogens (tertiary/aromatic N) is 2. The molecule has 0 N–H and O–H groups in total. The Kier molecular flexibility index (Phi) is 3.28. The highest BCUT2D eigenvalue weighted by molar-refractivity contribution is 5.97. The molecule has 1 saturated carbocycles. The van der Waals surface area contributed by atoms with Crippen LogP contribution < -0.4 is 4.90 Å². The van der Waals surface area contributed by atoms with Crippen LogP contribution in [0, 0.1) is 5.41 Å². The Morgan fingerprint density at radius 2 is 1.91 bits per heavy atom. The monoisotopic (exact) mass is 320 g/mol. The predicted octanol–water partition coefficient (Wildman–Crippen LogP) is 3.09. The van der Waals surface area contributed by atoms with Crippen LogP contribution in [0.1, 0.15) is 31.7 Å². The van der Waals surface area contributed by atoms with E-state index in [4.69, 9.17) is 0 Å². The zero-order valence-corrected chi connectivity index (χ0v) is 13.4. The number of likely N-dealkylation sites (tertiary alicyclic amines) is 1. The Balaban J connectivity index is 1.40. The van der Waals surface area contributed by atoms with Crippen LogP contribution >= 0.6 is 0 Å². The minimum atomic E-state index is -2.47. The van der Waals surface area contributed by atoms with Gasteiger partial charge in [-0.25, -0.2) is 8.78 Å². The highest BCUT2D eigenvalue weighted by atomic mass is 19.3. The van der Waals surface area contributed by atoms with Gasteiger partial charge in [0.2, 0.25) is 5.91 Å². The molecule has 1 saturated heterocycles. The van der Waals surface area contributed by atoms with E-state index >= 15 is 0 Å². The molecule has 1 atom stereocenters. The number of hydrogen-bond donors (Lipinski definition) is 0. The van der Waals surface area contributed by atoms with Gasteiger partial charge in [-0.15, -0.1) is 0 Å². The fourth-order valence-electron chi connectivity index (χ4n) is 4.28. The molecule has 23 heavy (non-hydrogen) atoms. The molecule has 2 fully saturated rings. The Hall–Kier alpha value is -1.49. The molecule has 3 aliphatic rings. The van der Waals surface area contributed by atoms with Crippen LogP contribution in [0.2, 0.25) is 0 Å². The van der Waals surface area contributed by atoms with Crippen LogP contribution in [0.3, 0.4) is 0 Å². The Bertz CT molecular complexity index is 638. The van der Waals surface area contributed by atoms with Crippen LogP contribution in [0.25, 0.3) is 0 Å². The van der Waals surface area contributed by atoms with Gasteiger partial charge in [-0.1, -0.05) is 18.2 Å². The lowest BCUT2D eigenvalue weighted by Gasteiger charge is -2.33. The zero-order chi connectivity index (χ0) is 16.2. The number of fused-ring (bicyclic) bond motifs is 1. The molecular formula is C18H22F2N2O. The van der Waals surface area contributed by atoms with Crippen molar-refractivity contribution in [2.24, 2.45) is 5.41 Å². The fraction of sp³-hybridized carbons (Fsp3) is 0.611. The number of benzene rings is 1. The van der Waals surface area contributed by atoms with E-state index in [1.807, 2.05) is 28.0 Å². The third-order valence-corrected chi connectivity index (χ3v) is 5.86. The van der Waals surface area contributed by atoms with Crippen molar-refractivity contribution in [3.8, 4) is 0 Å². The summed E-state index contributed by atoms with van der Waals surface area (Å²) in [5.41, 5.74) is 1.47. The Morgan fingerprint density at radius 3 is 2.57 bits per heavy atom. The van der Waals surface area contributed by atoms with Crippen molar-refractivity contribution in [3.05, 3.63) is 29.8 Å². The van der Waals surface area contributed by atoms with Crippen molar-refractivity contribution in [2.75, 3.05) is 24.5 Å². The van der Waals surface area contributed by atoms with Gasteiger partial charge in [0.25, 0.3) is 5.92 Å². The molecule has 4 rings (SSSR count). The molecule has 0 bridgehead atoms. The molecule has 1 unspecified atom stereocenters. The van der Waals surface area contributed by atoms with Crippen molar-refractivity contribution in [3.63, 3.8) is 0 Å². The minimum Gasteiger partial charge on any atom is -0.308 e. The zero-order valence-electron chi connectivity index (χ0n) is 13.4. The maximum absolute atomic E-state index is 13.4. The van der Waals surface area contributed by atoms with E-state index in [1.165, 1.54) is 5.56 Å². The molecule has 1 aromatic rings. The quantitative estimate of drug-likeness (QED) is 0.836. The number of rotatable bonds is 2. The van der Waals surface area contributed by atoms with Crippen molar-refractivity contribution in [2.45, 2.75) is 44.6 Å². The largest absolute Gasteiger partial charge is 0.308 e. The maximum atomic E-state index is 13.4. The Labute approximate surface area is 135 Å². The molecule has 0 aromatic heterocycles. The normalized spacial score (nSPS) is 28.0. The predicted molar refractivity (Wildman–Crippen MR) is 84.8 cm³/mol. The minimum absolute atomic E-state index is 0.0400. The summed E-state index contributed by atoms with van der Waals surface area (Å²) in [4.78, 5) is 16.6. The average molecular weight is 320 g/mol. The molecular weight excluding hydrogens is 298 g/mol. The van der Waals surface area contributed by atoms with Crippen molar-refractivity contribution >= 4 is 11.6 Å². The second-order valence-electron chi connectivity index (χ2n) is 7.38. The number of halogens is 2. The summed E-state index contributed by atoms with van der Waals surface area (Å²) in [5.74, 6) is -2.38. The molecule has 124 valence electrons. The summed E-state index contributed by atoms with van der Waals surface area (Å²) in [6.45, 7) is 3.60. The first-order valence-electron chi connectivity index (χ1n) is 8.42. The number of alkyl halides is 2. The Morgan fingerprint density at radius 1 is 1.26 bits per heavy atom. The lowest BCUT2D eigenvalue weighted by atomic mass is 9.93. The van der Waals surface area contributed by atoms with Crippen LogP contribution in [0.15, 0.2) is 24.3 Å². The van der Waals surface area contributed by atoms with Gasteiger partial charge in [-0.2, -0.15) is 0 Å². The SMILES string of the molecule is CC1Cc2ccccc2N1C(=O)CN1CCC2(CC1)CC2(F)F. The summed E-state index contributed by atoms with van der Waals surface area (Å²) in [6.07, 6.45) is 1.95. The number of carbonyl (C=O) groups excluding carboxylic acids is 1. The highest BCUT2D eigenvalue weighted by Crippen LogP contribution is 2.65. The molecule has 1 amide bonds. The fourth-order valence-corrected chi connectivity index (χ4v) is 4.28. The number of piperidine rings is 1. The molecule has 5 heteroatoms. The lowest BCUT2D eigenvalue weighted by molar-refractivity contribution is -0.120. The standard InChI is InChI=1S/C18H22F2N2O/c1-13-10-14-4-2-3-5-15(14)22(13)16(23)11-21-8-6-17(7-9-21)12-18(17,19)20/h2-5,13H,6-12H2,1H3. The molecule has 2 aliphatic heterocycles. The summed E-state index contributed by atoms with van der Waals surface area (Å²) in [6, 6.07) is 8.19. The van der Waals surface area contributed by atoms with Gasteiger partial charge >= 0.3 is 0 Å². The van der Waals surface area contributed by atoms with Gasteiger partial charge in [-0.05, 0) is 50.9 Å². The van der Waals surface area contributed by atoms with E-state index < -0.39 is 11.3 Å². The van der Waals surface area contributed by atoms with E-state index in [0.717, 1.165) is 12.1 Å². The number of para-hydroxylation sites is 1. The lowest BCUT2D eigenvalue weighted by Crippen LogP contribution is -2.46. The second kappa shape index (κ2) is 5.00. The highest BCUT2D eigenvalue weighted by Gasteiger charge is 2.70. The third kappa shape index (κ3) is 2.36. The first kappa shape index (κ1) is 15.1. The van der Waals surface area contributed by atoms with Crippen molar-refractivity contribution in [1.29, 1.82) is 0 Å². The molecule has 3 nitrogen and oxygen atoms in total. The van der Waals surface area contributed by atoms with Gasteiger partial charge in [0.1, 0.15) is 0 Å². The molecule has 1 aliphatic carbocycles. The smallest absolute Gasteiger partial charge is 0.254 e. The van der Waals surface area contributed by atoms with Crippen molar-refractivity contribution in [1.82, 2.24) is 4.90 Å². The summed E-state index contributed by atoms with van der Waals surface area (Å²) in [7, 11) is 0. The molecule has 1 aromatic carbocycles. The van der Waals surface area contributed by atoms with Crippen LogP contribution in [-0.4, -0.2) is 42.4 Å². The van der Waals surface area contributed by atoms with E-state index in [-0.39, 0.29) is 18.4 Å². The van der Waals surface area contributed by atoms with Crippen LogP contribution in [0.5, 0.6) is 0 Å². The second-order valence-corrected chi connectivity index (χ2v) is 7.38.